The van der Waals surface area contributed by atoms with E-state index in [4.69, 9.17) is 11.6 Å². The number of hydrogen-bond acceptors (Lipinski definition) is 3. The van der Waals surface area contributed by atoms with Gasteiger partial charge < -0.3 is 15.1 Å². The van der Waals surface area contributed by atoms with E-state index in [1.807, 2.05) is 0 Å². The Labute approximate surface area is 159 Å². The number of halogens is 1. The first-order chi connectivity index (χ1) is 12.1. The smallest absolute Gasteiger partial charge is 0.253 e. The summed E-state index contributed by atoms with van der Waals surface area (Å²) < 4.78 is 0. The molecule has 0 radical (unpaired) electrons. The summed E-state index contributed by atoms with van der Waals surface area (Å²) in [6.07, 6.45) is 0. The van der Waals surface area contributed by atoms with Gasteiger partial charge in [0.25, 0.3) is 5.91 Å². The lowest BCUT2D eigenvalue weighted by Gasteiger charge is -2.36. The van der Waals surface area contributed by atoms with Gasteiger partial charge in [-0.05, 0) is 31.2 Å². The maximum Gasteiger partial charge on any atom is 0.253 e. The van der Waals surface area contributed by atoms with Crippen molar-refractivity contribution in [2.24, 2.45) is 5.41 Å². The number of piperazine rings is 1. The zero-order chi connectivity index (χ0) is 19.5. The van der Waals surface area contributed by atoms with E-state index in [2.05, 4.69) is 5.32 Å². The van der Waals surface area contributed by atoms with Gasteiger partial charge in [-0.15, -0.1) is 0 Å². The highest BCUT2D eigenvalue weighted by Gasteiger charge is 2.30. The van der Waals surface area contributed by atoms with Crippen molar-refractivity contribution in [1.82, 2.24) is 15.1 Å². The van der Waals surface area contributed by atoms with E-state index in [0.29, 0.717) is 36.8 Å². The zero-order valence-electron chi connectivity index (χ0n) is 15.7. The second kappa shape index (κ2) is 8.08. The minimum atomic E-state index is -0.583. The molecule has 7 heteroatoms. The summed E-state index contributed by atoms with van der Waals surface area (Å²) in [7, 11) is 0. The standard InChI is InChI=1S/C19H26ClN3O3/c1-13(21-18(26)19(2,3)4)16(24)22-9-11-23(12-10-22)17(25)14-5-7-15(20)8-6-14/h5-8,13H,9-12H2,1-4H3,(H,21,26). The average molecular weight is 380 g/mol. The fourth-order valence-electron chi connectivity index (χ4n) is 2.65. The van der Waals surface area contributed by atoms with E-state index in [1.54, 1.807) is 61.8 Å². The van der Waals surface area contributed by atoms with E-state index in [1.165, 1.54) is 0 Å². The van der Waals surface area contributed by atoms with Crippen molar-refractivity contribution in [2.75, 3.05) is 26.2 Å². The SMILES string of the molecule is CC(NC(=O)C(C)(C)C)C(=O)N1CCN(C(=O)c2ccc(Cl)cc2)CC1. The molecule has 1 fully saturated rings. The molecule has 6 nitrogen and oxygen atoms in total. The highest BCUT2D eigenvalue weighted by Crippen LogP contribution is 2.15. The molecular formula is C19H26ClN3O3. The van der Waals surface area contributed by atoms with Gasteiger partial charge in [-0.3, -0.25) is 14.4 Å². The number of amides is 3. The van der Waals surface area contributed by atoms with E-state index < -0.39 is 11.5 Å². The van der Waals surface area contributed by atoms with Gasteiger partial charge in [-0.1, -0.05) is 32.4 Å². The summed E-state index contributed by atoms with van der Waals surface area (Å²) in [5.41, 5.74) is 0.0399. The number of rotatable bonds is 3. The number of nitrogens with one attached hydrogen (secondary N) is 1. The molecule has 1 saturated heterocycles. The highest BCUT2D eigenvalue weighted by molar-refractivity contribution is 6.30. The van der Waals surface area contributed by atoms with Gasteiger partial charge in [0.1, 0.15) is 6.04 Å². The molecule has 26 heavy (non-hydrogen) atoms. The summed E-state index contributed by atoms with van der Waals surface area (Å²) in [6, 6.07) is 6.20. The molecule has 0 bridgehead atoms. The van der Waals surface area contributed by atoms with Crippen molar-refractivity contribution in [3.8, 4) is 0 Å². The quantitative estimate of drug-likeness (QED) is 0.875. The molecule has 1 atom stereocenters. The normalized spacial score (nSPS) is 16.2. The molecule has 3 amide bonds. The third-order valence-corrected chi connectivity index (χ3v) is 4.62. The molecule has 0 aliphatic carbocycles. The van der Waals surface area contributed by atoms with Gasteiger partial charge in [0.05, 0.1) is 0 Å². The predicted molar refractivity (Wildman–Crippen MR) is 101 cm³/mol. The topological polar surface area (TPSA) is 69.7 Å². The van der Waals surface area contributed by atoms with Gasteiger partial charge in [0.2, 0.25) is 11.8 Å². The Morgan fingerprint density at radius 2 is 1.50 bits per heavy atom. The number of nitrogens with zero attached hydrogens (tertiary/aromatic N) is 2. The lowest BCUT2D eigenvalue weighted by atomic mass is 9.95. The maximum atomic E-state index is 12.5. The summed E-state index contributed by atoms with van der Waals surface area (Å²) in [4.78, 5) is 40.5. The van der Waals surface area contributed by atoms with Crippen LogP contribution in [0.15, 0.2) is 24.3 Å². The maximum absolute atomic E-state index is 12.5. The average Bonchev–Trinajstić information content (AvgIpc) is 2.60. The van der Waals surface area contributed by atoms with Crippen LogP contribution in [0, 0.1) is 5.41 Å². The van der Waals surface area contributed by atoms with Crippen molar-refractivity contribution >= 4 is 29.3 Å². The van der Waals surface area contributed by atoms with Gasteiger partial charge >= 0.3 is 0 Å². The molecule has 1 aliphatic rings. The Morgan fingerprint density at radius 3 is 2.00 bits per heavy atom. The van der Waals surface area contributed by atoms with Gasteiger partial charge in [-0.2, -0.15) is 0 Å². The van der Waals surface area contributed by atoms with Crippen LogP contribution in [0.1, 0.15) is 38.1 Å². The summed E-state index contributed by atoms with van der Waals surface area (Å²) in [5, 5.41) is 3.35. The van der Waals surface area contributed by atoms with E-state index >= 15 is 0 Å². The Hall–Kier alpha value is -2.08. The molecule has 1 unspecified atom stereocenters. The third kappa shape index (κ3) is 4.97. The minimum absolute atomic E-state index is 0.0668. The Bertz CT molecular complexity index is 674. The second-order valence-corrected chi connectivity index (χ2v) is 8.01. The van der Waals surface area contributed by atoms with Gasteiger partial charge in [-0.25, -0.2) is 0 Å². The molecule has 142 valence electrons. The monoisotopic (exact) mass is 379 g/mol. The fourth-order valence-corrected chi connectivity index (χ4v) is 2.78. The molecule has 1 heterocycles. The Morgan fingerprint density at radius 1 is 1.00 bits per heavy atom. The van der Waals surface area contributed by atoms with Crippen LogP contribution in [-0.4, -0.2) is 59.7 Å². The molecule has 0 spiro atoms. The first-order valence-corrected chi connectivity index (χ1v) is 9.12. The predicted octanol–water partition coefficient (Wildman–Crippen LogP) is 2.18. The molecule has 1 aromatic carbocycles. The molecule has 2 rings (SSSR count). The largest absolute Gasteiger partial charge is 0.344 e. The molecule has 0 aromatic heterocycles. The minimum Gasteiger partial charge on any atom is -0.344 e. The number of benzene rings is 1. The number of carbonyl (C=O) groups is 3. The Balaban J connectivity index is 1.89. The fraction of sp³-hybridized carbons (Fsp3) is 0.526. The first-order valence-electron chi connectivity index (χ1n) is 8.74. The second-order valence-electron chi connectivity index (χ2n) is 7.57. The van der Waals surface area contributed by atoms with Crippen LogP contribution < -0.4 is 5.32 Å². The van der Waals surface area contributed by atoms with Crippen LogP contribution in [0.3, 0.4) is 0 Å². The Kier molecular flexibility index (Phi) is 6.29. The van der Waals surface area contributed by atoms with E-state index in [9.17, 15) is 14.4 Å². The van der Waals surface area contributed by atoms with E-state index in [-0.39, 0.29) is 17.7 Å². The van der Waals surface area contributed by atoms with Crippen LogP contribution in [-0.2, 0) is 9.59 Å². The zero-order valence-corrected chi connectivity index (χ0v) is 16.5. The van der Waals surface area contributed by atoms with Crippen molar-refractivity contribution in [3.05, 3.63) is 34.9 Å². The van der Waals surface area contributed by atoms with E-state index in [0.717, 1.165) is 0 Å². The van der Waals surface area contributed by atoms with Crippen molar-refractivity contribution < 1.29 is 14.4 Å². The first kappa shape index (κ1) is 20.2. The molecule has 1 aliphatic heterocycles. The van der Waals surface area contributed by atoms with Crippen LogP contribution >= 0.6 is 11.6 Å². The van der Waals surface area contributed by atoms with Crippen molar-refractivity contribution in [2.45, 2.75) is 33.7 Å². The summed E-state index contributed by atoms with van der Waals surface area (Å²) in [6.45, 7) is 8.95. The van der Waals surface area contributed by atoms with Crippen LogP contribution in [0.4, 0.5) is 0 Å². The molecule has 0 saturated carbocycles. The van der Waals surface area contributed by atoms with Crippen molar-refractivity contribution in [3.63, 3.8) is 0 Å². The van der Waals surface area contributed by atoms with Gasteiger partial charge in [0.15, 0.2) is 0 Å². The van der Waals surface area contributed by atoms with Crippen LogP contribution in [0.25, 0.3) is 0 Å². The molecular weight excluding hydrogens is 354 g/mol. The van der Waals surface area contributed by atoms with Crippen LogP contribution in [0.5, 0.6) is 0 Å². The third-order valence-electron chi connectivity index (χ3n) is 4.37. The number of hydrogen-bond donors (Lipinski definition) is 1. The number of carbonyl (C=O) groups excluding carboxylic acids is 3. The summed E-state index contributed by atoms with van der Waals surface area (Å²) >= 11 is 5.85. The lowest BCUT2D eigenvalue weighted by molar-refractivity contribution is -0.139. The van der Waals surface area contributed by atoms with Gasteiger partial charge in [0, 0.05) is 42.2 Å². The lowest BCUT2D eigenvalue weighted by Crippen LogP contribution is -2.56. The highest BCUT2D eigenvalue weighted by atomic mass is 35.5. The van der Waals surface area contributed by atoms with Crippen LogP contribution in [0.2, 0.25) is 5.02 Å². The summed E-state index contributed by atoms with van der Waals surface area (Å²) in [5.74, 6) is -0.348. The molecule has 1 N–H and O–H groups in total. The molecule has 1 aromatic rings. The van der Waals surface area contributed by atoms with Crippen molar-refractivity contribution in [1.29, 1.82) is 0 Å².